The van der Waals surface area contributed by atoms with Gasteiger partial charge in [-0.3, -0.25) is 28.5 Å². The van der Waals surface area contributed by atoms with Crippen LogP contribution >= 0.6 is 7.75 Å². The molecule has 2 heterocycles. The minimum absolute atomic E-state index is 0.00129. The van der Waals surface area contributed by atoms with E-state index < -0.39 is 74.7 Å². The van der Waals surface area contributed by atoms with Crippen molar-refractivity contribution in [2.45, 2.75) is 51.4 Å². The number of ether oxygens (including phenoxy) is 3. The smallest absolute Gasteiger partial charge is 0.462 e. The lowest BCUT2D eigenvalue weighted by Gasteiger charge is -2.33. The maximum Gasteiger partial charge on any atom is 0.462 e. The average Bonchev–Trinajstić information content (AvgIpc) is 3.27. The number of aliphatic hydroxyl groups excluding tert-OH is 2. The van der Waals surface area contributed by atoms with Gasteiger partial charge in [0, 0.05) is 17.6 Å². The number of esters is 2. The number of H-pyrrole nitrogens is 1. The highest BCUT2D eigenvalue weighted by Crippen LogP contribution is 2.54. The lowest BCUT2D eigenvalue weighted by Crippen LogP contribution is -2.43. The van der Waals surface area contributed by atoms with Crippen LogP contribution in [0.2, 0.25) is 0 Å². The number of benzene rings is 2. The maximum absolute atomic E-state index is 14.8. The molecule has 0 bridgehead atoms. The molecule has 0 amide bonds. The maximum atomic E-state index is 14.8. The summed E-state index contributed by atoms with van der Waals surface area (Å²) in [5, 5.41) is 22.7. The second-order valence-corrected chi connectivity index (χ2v) is 11.6. The quantitative estimate of drug-likeness (QED) is 0.180. The van der Waals surface area contributed by atoms with Gasteiger partial charge < -0.3 is 28.9 Å². The molecular weight excluding hydrogens is 601 g/mol. The summed E-state index contributed by atoms with van der Waals surface area (Å²) in [6.45, 7) is 3.11. The SMILES string of the molecule is CCOC(=O)CN([C@@H](C)C(=O)OCC)P(=O)(OC[C@H]1OC(n2ccc(=O)[nH]c2=O)[C@H](O)[C@@H]1O)Oc1cccc2ccccc12. The third kappa shape index (κ3) is 7.26. The molecule has 0 spiro atoms. The Morgan fingerprint density at radius 2 is 1.75 bits per heavy atom. The van der Waals surface area contributed by atoms with E-state index in [2.05, 4.69) is 0 Å². The summed E-state index contributed by atoms with van der Waals surface area (Å²) in [5.41, 5.74) is -1.58. The first kappa shape index (κ1) is 33.1. The second-order valence-electron chi connectivity index (χ2n) is 9.73. The van der Waals surface area contributed by atoms with E-state index >= 15 is 0 Å². The van der Waals surface area contributed by atoms with Gasteiger partial charge in [0.05, 0.1) is 19.8 Å². The van der Waals surface area contributed by atoms with Gasteiger partial charge in [0.15, 0.2) is 6.23 Å². The number of carbonyl (C=O) groups excluding carboxylic acids is 2. The first-order valence-electron chi connectivity index (χ1n) is 13.8. The fourth-order valence-corrected chi connectivity index (χ4v) is 6.46. The number of aromatic amines is 1. The van der Waals surface area contributed by atoms with Crippen LogP contribution in [0.25, 0.3) is 10.8 Å². The Morgan fingerprint density at radius 1 is 1.05 bits per heavy atom. The normalized spacial score (nSPS) is 22.0. The van der Waals surface area contributed by atoms with Crippen molar-refractivity contribution in [2.24, 2.45) is 0 Å². The Kier molecular flexibility index (Phi) is 10.7. The molecule has 2 unspecified atom stereocenters. The molecular formula is C28H34N3O12P. The van der Waals surface area contributed by atoms with Crippen LogP contribution in [0.3, 0.4) is 0 Å². The summed E-state index contributed by atoms with van der Waals surface area (Å²) in [7, 11) is -4.73. The van der Waals surface area contributed by atoms with Crippen molar-refractivity contribution in [3.8, 4) is 5.75 Å². The summed E-state index contributed by atoms with van der Waals surface area (Å²) in [5.74, 6) is -1.56. The molecule has 1 saturated heterocycles. The molecule has 16 heteroatoms. The summed E-state index contributed by atoms with van der Waals surface area (Å²) in [4.78, 5) is 51.3. The number of nitrogens with zero attached hydrogens (tertiary/aromatic N) is 2. The Morgan fingerprint density at radius 3 is 2.45 bits per heavy atom. The number of carbonyl (C=O) groups is 2. The van der Waals surface area contributed by atoms with E-state index in [1.807, 2.05) is 4.98 Å². The zero-order chi connectivity index (χ0) is 32.0. The minimum Gasteiger partial charge on any atom is -0.465 e. The highest BCUT2D eigenvalue weighted by molar-refractivity contribution is 7.51. The topological polar surface area (TPSA) is 196 Å². The van der Waals surface area contributed by atoms with Gasteiger partial charge in [-0.05, 0) is 32.2 Å². The Labute approximate surface area is 251 Å². The van der Waals surface area contributed by atoms with Crippen molar-refractivity contribution in [2.75, 3.05) is 26.4 Å². The van der Waals surface area contributed by atoms with Crippen LogP contribution < -0.4 is 15.8 Å². The first-order chi connectivity index (χ1) is 21.0. The second kappa shape index (κ2) is 14.3. The zero-order valence-corrected chi connectivity index (χ0v) is 25.1. The lowest BCUT2D eigenvalue weighted by molar-refractivity contribution is -0.150. The van der Waals surface area contributed by atoms with E-state index in [0.29, 0.717) is 5.39 Å². The van der Waals surface area contributed by atoms with Crippen LogP contribution in [0.1, 0.15) is 27.0 Å². The first-order valence-corrected chi connectivity index (χ1v) is 15.3. The van der Waals surface area contributed by atoms with Crippen LogP contribution in [0.4, 0.5) is 0 Å². The Bertz CT molecular complexity index is 1640. The molecule has 1 aliphatic rings. The minimum atomic E-state index is -4.73. The molecule has 6 atom stereocenters. The number of nitrogens with one attached hydrogen (secondary N) is 1. The molecule has 1 aromatic heterocycles. The van der Waals surface area contributed by atoms with Crippen molar-refractivity contribution < 1.29 is 47.6 Å². The van der Waals surface area contributed by atoms with E-state index in [0.717, 1.165) is 26.9 Å². The molecule has 1 aliphatic heterocycles. The highest BCUT2D eigenvalue weighted by Gasteiger charge is 2.48. The number of aromatic nitrogens is 2. The average molecular weight is 636 g/mol. The molecule has 0 saturated carbocycles. The van der Waals surface area contributed by atoms with Crippen LogP contribution in [0.5, 0.6) is 5.75 Å². The molecule has 44 heavy (non-hydrogen) atoms. The number of aliphatic hydroxyl groups is 2. The lowest BCUT2D eigenvalue weighted by atomic mass is 10.1. The van der Waals surface area contributed by atoms with Crippen molar-refractivity contribution in [1.82, 2.24) is 14.2 Å². The third-order valence-electron chi connectivity index (χ3n) is 6.81. The molecule has 3 N–H and O–H groups in total. The van der Waals surface area contributed by atoms with Crippen molar-refractivity contribution in [1.29, 1.82) is 0 Å². The summed E-state index contributed by atoms with van der Waals surface area (Å²) in [6, 6.07) is 11.7. The molecule has 238 valence electrons. The predicted octanol–water partition coefficient (Wildman–Crippen LogP) is 1.33. The van der Waals surface area contributed by atoms with Gasteiger partial charge in [0.1, 0.15) is 36.6 Å². The molecule has 4 rings (SSSR count). The number of hydrogen-bond acceptors (Lipinski definition) is 12. The van der Waals surface area contributed by atoms with E-state index in [9.17, 15) is 34.0 Å². The molecule has 1 fully saturated rings. The van der Waals surface area contributed by atoms with Gasteiger partial charge in [-0.1, -0.05) is 36.4 Å². The van der Waals surface area contributed by atoms with Crippen LogP contribution in [0, 0.1) is 0 Å². The molecule has 0 radical (unpaired) electrons. The number of rotatable bonds is 13. The largest absolute Gasteiger partial charge is 0.465 e. The number of fused-ring (bicyclic) bond motifs is 1. The highest BCUT2D eigenvalue weighted by atomic mass is 31.2. The van der Waals surface area contributed by atoms with Gasteiger partial charge in [-0.2, -0.15) is 4.67 Å². The standard InChI is InChI=1S/C28H34N3O12P/c1-4-39-23(33)15-31(17(3)27(36)40-5-2)44(38,43-20-12-8-10-18-9-6-7-11-19(18)20)41-16-21-24(34)25(35)26(42-21)30-14-13-22(32)29-28(30)37/h6-14,17,21,24-26,34-35H,4-5,15-16H2,1-3H3,(H,29,32,37)/t17-,21+,24+,25+,26?,44?/m0/s1. The summed E-state index contributed by atoms with van der Waals surface area (Å²) in [6.07, 6.45) is -5.02. The van der Waals surface area contributed by atoms with Crippen LogP contribution in [0.15, 0.2) is 64.3 Å². The predicted molar refractivity (Wildman–Crippen MR) is 155 cm³/mol. The van der Waals surface area contributed by atoms with E-state index in [1.54, 1.807) is 50.2 Å². The van der Waals surface area contributed by atoms with E-state index in [4.69, 9.17) is 23.3 Å². The third-order valence-corrected chi connectivity index (χ3v) is 8.83. The van der Waals surface area contributed by atoms with Gasteiger partial charge in [0.25, 0.3) is 5.56 Å². The van der Waals surface area contributed by atoms with Crippen molar-refractivity contribution >= 4 is 30.5 Å². The van der Waals surface area contributed by atoms with Crippen LogP contribution in [-0.2, 0) is 32.9 Å². The van der Waals surface area contributed by atoms with E-state index in [-0.39, 0.29) is 19.0 Å². The number of hydrogen-bond donors (Lipinski definition) is 3. The van der Waals surface area contributed by atoms with Crippen molar-refractivity contribution in [3.05, 3.63) is 75.6 Å². The van der Waals surface area contributed by atoms with Crippen molar-refractivity contribution in [3.63, 3.8) is 0 Å². The fraction of sp³-hybridized carbons (Fsp3) is 0.429. The fourth-order valence-electron chi connectivity index (χ4n) is 4.60. The summed E-state index contributed by atoms with van der Waals surface area (Å²) < 4.78 is 44.2. The Hall–Kier alpha value is -3.85. The van der Waals surface area contributed by atoms with Gasteiger partial charge >= 0.3 is 25.4 Å². The van der Waals surface area contributed by atoms with Gasteiger partial charge in [-0.25, -0.2) is 9.36 Å². The molecule has 15 nitrogen and oxygen atoms in total. The summed E-state index contributed by atoms with van der Waals surface area (Å²) >= 11 is 0. The molecule has 2 aromatic carbocycles. The zero-order valence-electron chi connectivity index (χ0n) is 24.2. The Balaban J connectivity index is 1.71. The monoisotopic (exact) mass is 635 g/mol. The van der Waals surface area contributed by atoms with Crippen LogP contribution in [-0.4, -0.2) is 87.1 Å². The van der Waals surface area contributed by atoms with E-state index in [1.165, 1.54) is 13.0 Å². The molecule has 3 aromatic rings. The molecule has 0 aliphatic carbocycles. The van der Waals surface area contributed by atoms with Gasteiger partial charge in [-0.15, -0.1) is 0 Å². The van der Waals surface area contributed by atoms with Gasteiger partial charge in [0.2, 0.25) is 0 Å².